The topological polar surface area (TPSA) is 109 Å². The van der Waals surface area contributed by atoms with Gasteiger partial charge in [0.25, 0.3) is 0 Å². The van der Waals surface area contributed by atoms with E-state index in [0.717, 1.165) is 5.56 Å². The summed E-state index contributed by atoms with van der Waals surface area (Å²) in [6, 6.07) is 12.8. The van der Waals surface area contributed by atoms with E-state index in [0.29, 0.717) is 21.8 Å². The minimum absolute atomic E-state index is 0.0709. The van der Waals surface area contributed by atoms with Gasteiger partial charge in [0, 0.05) is 6.54 Å². The molecule has 3 amide bonds. The van der Waals surface area contributed by atoms with Crippen LogP contribution >= 0.6 is 23.1 Å². The monoisotopic (exact) mass is 403 g/mol. The van der Waals surface area contributed by atoms with Crippen LogP contribution in [0.3, 0.4) is 0 Å². The maximum Gasteiger partial charge on any atom is 0.321 e. The van der Waals surface area contributed by atoms with E-state index in [9.17, 15) is 9.59 Å². The van der Waals surface area contributed by atoms with E-state index in [1.165, 1.54) is 29.4 Å². The molecule has 140 valence electrons. The van der Waals surface area contributed by atoms with Gasteiger partial charge in [-0.25, -0.2) is 4.79 Å². The van der Waals surface area contributed by atoms with E-state index in [1.54, 1.807) is 12.1 Å². The molecule has 3 rings (SSSR count). The number of furan rings is 1. The Bertz CT molecular complexity index is 868. The zero-order chi connectivity index (χ0) is 18.9. The Morgan fingerprint density at radius 2 is 1.93 bits per heavy atom. The minimum Gasteiger partial charge on any atom is -0.467 e. The molecule has 2 heterocycles. The Kier molecular flexibility index (Phi) is 6.83. The Morgan fingerprint density at radius 3 is 2.70 bits per heavy atom. The second-order valence-electron chi connectivity index (χ2n) is 5.31. The van der Waals surface area contributed by atoms with E-state index in [2.05, 4.69) is 26.1 Å². The molecule has 27 heavy (non-hydrogen) atoms. The fraction of sp³-hybridized carbons (Fsp3) is 0.176. The predicted octanol–water partition coefficient (Wildman–Crippen LogP) is 2.86. The van der Waals surface area contributed by atoms with Gasteiger partial charge in [0.05, 0.1) is 18.6 Å². The van der Waals surface area contributed by atoms with Crippen LogP contribution < -0.4 is 16.0 Å². The molecule has 0 aliphatic heterocycles. The fourth-order valence-corrected chi connectivity index (χ4v) is 3.58. The summed E-state index contributed by atoms with van der Waals surface area (Å²) in [6.07, 6.45) is 1.52. The van der Waals surface area contributed by atoms with Gasteiger partial charge in [0.1, 0.15) is 5.76 Å². The number of urea groups is 1. The Morgan fingerprint density at radius 1 is 1.07 bits per heavy atom. The third-order valence-corrected chi connectivity index (χ3v) is 5.29. The lowest BCUT2D eigenvalue weighted by molar-refractivity contribution is -0.117. The summed E-state index contributed by atoms with van der Waals surface area (Å²) in [6.45, 7) is 0.864. The van der Waals surface area contributed by atoms with Crippen molar-refractivity contribution in [3.05, 3.63) is 60.1 Å². The molecule has 1 aromatic carbocycles. The number of benzene rings is 1. The molecule has 10 heteroatoms. The van der Waals surface area contributed by atoms with Gasteiger partial charge in [-0.3, -0.25) is 10.1 Å². The largest absolute Gasteiger partial charge is 0.467 e. The van der Waals surface area contributed by atoms with Crippen LogP contribution in [0.5, 0.6) is 0 Å². The van der Waals surface area contributed by atoms with E-state index < -0.39 is 11.9 Å². The normalized spacial score (nSPS) is 10.4. The zero-order valence-electron chi connectivity index (χ0n) is 14.2. The number of thioether (sulfide) groups is 1. The smallest absolute Gasteiger partial charge is 0.321 e. The third kappa shape index (κ3) is 6.42. The van der Waals surface area contributed by atoms with Crippen LogP contribution in [0.2, 0.25) is 0 Å². The number of aromatic nitrogens is 2. The van der Waals surface area contributed by atoms with Crippen LogP contribution in [0.15, 0.2) is 57.5 Å². The lowest BCUT2D eigenvalue weighted by Crippen LogP contribution is -2.39. The summed E-state index contributed by atoms with van der Waals surface area (Å²) in [5.41, 5.74) is 1.14. The second-order valence-corrected chi connectivity index (χ2v) is 7.51. The number of hydrogen-bond donors (Lipinski definition) is 3. The predicted molar refractivity (Wildman–Crippen MR) is 103 cm³/mol. The van der Waals surface area contributed by atoms with Crippen LogP contribution in [0.1, 0.15) is 11.3 Å². The first kappa shape index (κ1) is 18.9. The van der Waals surface area contributed by atoms with Crippen molar-refractivity contribution >= 4 is 40.2 Å². The number of rotatable bonds is 8. The highest BCUT2D eigenvalue weighted by molar-refractivity contribution is 8.01. The van der Waals surface area contributed by atoms with Crippen molar-refractivity contribution in [2.75, 3.05) is 11.1 Å². The molecule has 0 spiro atoms. The molecule has 3 N–H and O–H groups in total. The quantitative estimate of drug-likeness (QED) is 0.496. The van der Waals surface area contributed by atoms with Crippen LogP contribution in [0.25, 0.3) is 0 Å². The zero-order valence-corrected chi connectivity index (χ0v) is 15.8. The SMILES string of the molecule is O=C(CSc1nnc(NCc2ccccc2)s1)NC(=O)NCc1ccco1. The van der Waals surface area contributed by atoms with Gasteiger partial charge < -0.3 is 15.1 Å². The van der Waals surface area contributed by atoms with Gasteiger partial charge in [-0.1, -0.05) is 53.4 Å². The average Bonchev–Trinajstić information content (AvgIpc) is 3.36. The van der Waals surface area contributed by atoms with Gasteiger partial charge in [-0.2, -0.15) is 0 Å². The Hall–Kier alpha value is -2.85. The number of nitrogens with one attached hydrogen (secondary N) is 3. The van der Waals surface area contributed by atoms with Crippen LogP contribution in [0.4, 0.5) is 9.93 Å². The Balaban J connectivity index is 1.36. The number of amides is 3. The maximum atomic E-state index is 11.8. The van der Waals surface area contributed by atoms with Gasteiger partial charge in [-0.15, -0.1) is 10.2 Å². The summed E-state index contributed by atoms with van der Waals surface area (Å²) in [5, 5.41) is 16.7. The van der Waals surface area contributed by atoms with Crippen molar-refractivity contribution in [1.82, 2.24) is 20.8 Å². The number of hydrogen-bond acceptors (Lipinski definition) is 8. The molecule has 0 radical (unpaired) electrons. The summed E-state index contributed by atoms with van der Waals surface area (Å²) >= 11 is 2.58. The van der Waals surface area contributed by atoms with Crippen LogP contribution in [-0.2, 0) is 17.9 Å². The van der Waals surface area contributed by atoms with E-state index in [4.69, 9.17) is 4.42 Å². The first-order valence-corrected chi connectivity index (χ1v) is 9.83. The van der Waals surface area contributed by atoms with Gasteiger partial charge in [0.15, 0.2) is 4.34 Å². The number of nitrogens with zero attached hydrogens (tertiary/aromatic N) is 2. The molecule has 0 saturated carbocycles. The standard InChI is InChI=1S/C17H17N5O3S2/c23-14(20-15(24)18-10-13-7-4-8-25-13)11-26-17-22-21-16(27-17)19-9-12-5-2-1-3-6-12/h1-8H,9-11H2,(H,19,21)(H2,18,20,23,24). The summed E-state index contributed by atoms with van der Waals surface area (Å²) in [4.78, 5) is 23.5. The highest BCUT2D eigenvalue weighted by Crippen LogP contribution is 2.25. The molecule has 0 unspecified atom stereocenters. The van der Waals surface area contributed by atoms with Crippen molar-refractivity contribution < 1.29 is 14.0 Å². The number of carbonyl (C=O) groups is 2. The first-order valence-electron chi connectivity index (χ1n) is 8.03. The first-order chi connectivity index (χ1) is 13.2. The van der Waals surface area contributed by atoms with Gasteiger partial charge >= 0.3 is 6.03 Å². The van der Waals surface area contributed by atoms with Crippen molar-refractivity contribution in [3.63, 3.8) is 0 Å². The molecule has 3 aromatic rings. The lowest BCUT2D eigenvalue weighted by Gasteiger charge is -2.04. The third-order valence-electron chi connectivity index (χ3n) is 3.28. The average molecular weight is 403 g/mol. The molecule has 0 saturated heterocycles. The van der Waals surface area contributed by atoms with Crippen molar-refractivity contribution in [2.24, 2.45) is 0 Å². The molecule has 0 bridgehead atoms. The van der Waals surface area contributed by atoms with E-state index in [-0.39, 0.29) is 12.3 Å². The van der Waals surface area contributed by atoms with E-state index >= 15 is 0 Å². The summed E-state index contributed by atoms with van der Waals surface area (Å²) in [7, 11) is 0. The van der Waals surface area contributed by atoms with Crippen molar-refractivity contribution in [1.29, 1.82) is 0 Å². The molecule has 0 aliphatic carbocycles. The molecular formula is C17H17N5O3S2. The molecule has 2 aromatic heterocycles. The van der Waals surface area contributed by atoms with Crippen LogP contribution in [0, 0.1) is 0 Å². The fourth-order valence-electron chi connectivity index (χ4n) is 2.03. The minimum atomic E-state index is -0.570. The van der Waals surface area contributed by atoms with E-state index in [1.807, 2.05) is 30.3 Å². The highest BCUT2D eigenvalue weighted by Gasteiger charge is 2.11. The lowest BCUT2D eigenvalue weighted by atomic mass is 10.2. The van der Waals surface area contributed by atoms with Gasteiger partial charge in [-0.05, 0) is 17.7 Å². The summed E-state index contributed by atoms with van der Waals surface area (Å²) < 4.78 is 5.74. The van der Waals surface area contributed by atoms with Crippen molar-refractivity contribution in [3.8, 4) is 0 Å². The Labute approximate surface area is 163 Å². The maximum absolute atomic E-state index is 11.8. The van der Waals surface area contributed by atoms with Crippen molar-refractivity contribution in [2.45, 2.75) is 17.4 Å². The molecule has 0 aliphatic rings. The second kappa shape index (κ2) is 9.74. The number of carbonyl (C=O) groups excluding carboxylic acids is 2. The molecule has 0 atom stereocenters. The number of imide groups is 1. The van der Waals surface area contributed by atoms with Crippen LogP contribution in [-0.4, -0.2) is 27.9 Å². The molecule has 8 nitrogen and oxygen atoms in total. The molecular weight excluding hydrogens is 386 g/mol. The number of anilines is 1. The molecule has 0 fully saturated rings. The van der Waals surface area contributed by atoms with Gasteiger partial charge in [0.2, 0.25) is 11.0 Å². The highest BCUT2D eigenvalue weighted by atomic mass is 32.2. The summed E-state index contributed by atoms with van der Waals surface area (Å²) in [5.74, 6) is 0.268.